The highest BCUT2D eigenvalue weighted by Crippen LogP contribution is 2.16. The maximum Gasteiger partial charge on any atom is 0.251 e. The summed E-state index contributed by atoms with van der Waals surface area (Å²) in [6, 6.07) is 9.85. The summed E-state index contributed by atoms with van der Waals surface area (Å²) in [7, 11) is 0. The summed E-state index contributed by atoms with van der Waals surface area (Å²) in [5, 5.41) is 6.24. The molecule has 3 rings (SSSR count). The van der Waals surface area contributed by atoms with E-state index in [-0.39, 0.29) is 5.91 Å². The highest BCUT2D eigenvalue weighted by Gasteiger charge is 2.13. The van der Waals surface area contributed by atoms with Gasteiger partial charge in [0.1, 0.15) is 0 Å². The first-order valence-corrected chi connectivity index (χ1v) is 6.82. The molecule has 0 aliphatic carbocycles. The van der Waals surface area contributed by atoms with Crippen LogP contribution in [0.25, 0.3) is 0 Å². The van der Waals surface area contributed by atoms with E-state index in [1.165, 1.54) is 16.7 Å². The van der Waals surface area contributed by atoms with Crippen molar-refractivity contribution in [1.82, 2.24) is 15.6 Å². The van der Waals surface area contributed by atoms with Crippen molar-refractivity contribution in [2.75, 3.05) is 6.54 Å². The van der Waals surface area contributed by atoms with Crippen LogP contribution in [0.15, 0.2) is 42.7 Å². The lowest BCUT2D eigenvalue weighted by molar-refractivity contribution is 0.0954. The molecule has 1 aromatic carbocycles. The van der Waals surface area contributed by atoms with Crippen molar-refractivity contribution in [3.63, 3.8) is 0 Å². The highest BCUT2D eigenvalue weighted by atomic mass is 16.1. The molecule has 2 heterocycles. The molecule has 0 saturated heterocycles. The largest absolute Gasteiger partial charge is 0.352 e. The lowest BCUT2D eigenvalue weighted by atomic mass is 10.1. The Morgan fingerprint density at radius 1 is 1.15 bits per heavy atom. The number of aromatic nitrogens is 1. The van der Waals surface area contributed by atoms with Crippen LogP contribution in [0.4, 0.5) is 0 Å². The second kappa shape index (κ2) is 5.84. The number of fused-ring (bicyclic) bond motifs is 1. The zero-order valence-electron chi connectivity index (χ0n) is 11.2. The van der Waals surface area contributed by atoms with Crippen LogP contribution >= 0.6 is 0 Å². The molecule has 102 valence electrons. The summed E-state index contributed by atoms with van der Waals surface area (Å²) in [6.07, 6.45) is 4.36. The van der Waals surface area contributed by atoms with Gasteiger partial charge in [0.05, 0.1) is 0 Å². The van der Waals surface area contributed by atoms with Gasteiger partial charge in [0.15, 0.2) is 0 Å². The molecule has 0 saturated carbocycles. The van der Waals surface area contributed by atoms with Gasteiger partial charge in [-0.2, -0.15) is 0 Å². The Morgan fingerprint density at radius 3 is 2.80 bits per heavy atom. The smallest absolute Gasteiger partial charge is 0.251 e. The van der Waals surface area contributed by atoms with Crippen LogP contribution in [0.1, 0.15) is 27.0 Å². The van der Waals surface area contributed by atoms with E-state index in [4.69, 9.17) is 0 Å². The summed E-state index contributed by atoms with van der Waals surface area (Å²) < 4.78 is 0. The molecular weight excluding hydrogens is 250 g/mol. The summed E-state index contributed by atoms with van der Waals surface area (Å²) in [4.78, 5) is 16.1. The summed E-state index contributed by atoms with van der Waals surface area (Å²) in [5.74, 6) is -0.00578. The first-order valence-electron chi connectivity index (χ1n) is 6.82. The Labute approximate surface area is 118 Å². The number of pyridine rings is 1. The molecule has 20 heavy (non-hydrogen) atoms. The van der Waals surface area contributed by atoms with Crippen molar-refractivity contribution in [2.45, 2.75) is 19.5 Å². The van der Waals surface area contributed by atoms with Gasteiger partial charge in [0, 0.05) is 37.6 Å². The summed E-state index contributed by atoms with van der Waals surface area (Å²) >= 11 is 0. The van der Waals surface area contributed by atoms with Crippen LogP contribution in [-0.2, 0) is 19.5 Å². The zero-order chi connectivity index (χ0) is 13.8. The van der Waals surface area contributed by atoms with Gasteiger partial charge < -0.3 is 10.6 Å². The maximum absolute atomic E-state index is 12.1. The molecule has 4 heteroatoms. The molecule has 1 amide bonds. The number of rotatable bonds is 4. The lowest BCUT2D eigenvalue weighted by Gasteiger charge is -2.07. The number of nitrogens with one attached hydrogen (secondary N) is 2. The van der Waals surface area contributed by atoms with Gasteiger partial charge in [-0.25, -0.2) is 0 Å². The topological polar surface area (TPSA) is 54.0 Å². The average molecular weight is 267 g/mol. The van der Waals surface area contributed by atoms with Crippen molar-refractivity contribution >= 4 is 5.91 Å². The van der Waals surface area contributed by atoms with Crippen LogP contribution in [-0.4, -0.2) is 17.4 Å². The third-order valence-electron chi connectivity index (χ3n) is 3.55. The minimum Gasteiger partial charge on any atom is -0.352 e. The van der Waals surface area contributed by atoms with Crippen molar-refractivity contribution < 1.29 is 4.79 Å². The van der Waals surface area contributed by atoms with Crippen molar-refractivity contribution in [3.8, 4) is 0 Å². The van der Waals surface area contributed by atoms with Crippen LogP contribution in [0, 0.1) is 0 Å². The highest BCUT2D eigenvalue weighted by molar-refractivity contribution is 5.94. The number of amides is 1. The van der Waals surface area contributed by atoms with Gasteiger partial charge in [0.2, 0.25) is 0 Å². The molecule has 2 N–H and O–H groups in total. The minimum absolute atomic E-state index is 0.00578. The van der Waals surface area contributed by atoms with Gasteiger partial charge in [0.25, 0.3) is 5.91 Å². The predicted octanol–water partition coefficient (Wildman–Crippen LogP) is 1.66. The van der Waals surface area contributed by atoms with E-state index in [0.29, 0.717) is 6.54 Å². The van der Waals surface area contributed by atoms with Crippen molar-refractivity contribution in [1.29, 1.82) is 0 Å². The Bertz CT molecular complexity index is 610. The van der Waals surface area contributed by atoms with Crippen molar-refractivity contribution in [2.24, 2.45) is 0 Å². The van der Waals surface area contributed by atoms with E-state index in [9.17, 15) is 4.79 Å². The lowest BCUT2D eigenvalue weighted by Crippen LogP contribution is -2.25. The molecular formula is C16H17N3O. The van der Waals surface area contributed by atoms with Gasteiger partial charge in [-0.15, -0.1) is 0 Å². The zero-order valence-corrected chi connectivity index (χ0v) is 11.2. The van der Waals surface area contributed by atoms with Crippen LogP contribution in [0.2, 0.25) is 0 Å². The number of nitrogens with zero attached hydrogens (tertiary/aromatic N) is 1. The number of carbonyl (C=O) groups is 1. The number of hydrogen-bond donors (Lipinski definition) is 2. The van der Waals surface area contributed by atoms with E-state index in [0.717, 1.165) is 25.1 Å². The molecule has 2 aromatic rings. The third kappa shape index (κ3) is 2.86. The molecule has 0 radical (unpaired) electrons. The van der Waals surface area contributed by atoms with Gasteiger partial charge in [-0.1, -0.05) is 6.07 Å². The molecule has 0 bridgehead atoms. The van der Waals surface area contributed by atoms with E-state index < -0.39 is 0 Å². The monoisotopic (exact) mass is 267 g/mol. The normalized spacial score (nSPS) is 13.0. The fourth-order valence-electron chi connectivity index (χ4n) is 2.41. The van der Waals surface area contributed by atoms with E-state index in [1.54, 1.807) is 12.4 Å². The molecule has 1 aliphatic heterocycles. The first-order chi connectivity index (χ1) is 9.83. The van der Waals surface area contributed by atoms with E-state index in [1.807, 2.05) is 30.3 Å². The second-order valence-corrected chi connectivity index (χ2v) is 4.95. The average Bonchev–Trinajstić information content (AvgIpc) is 2.95. The first kappa shape index (κ1) is 12.8. The van der Waals surface area contributed by atoms with Crippen LogP contribution in [0.5, 0.6) is 0 Å². The third-order valence-corrected chi connectivity index (χ3v) is 3.55. The standard InChI is InChI=1S/C16H17N3O/c20-16(19-8-5-12-3-6-17-7-4-12)13-1-2-14-10-18-11-15(14)9-13/h1-4,6-7,9,18H,5,8,10-11H2,(H,19,20). The Balaban J connectivity index is 1.57. The molecule has 1 aliphatic rings. The Hall–Kier alpha value is -2.20. The van der Waals surface area contributed by atoms with E-state index >= 15 is 0 Å². The molecule has 0 fully saturated rings. The Morgan fingerprint density at radius 2 is 1.95 bits per heavy atom. The molecule has 0 spiro atoms. The van der Waals surface area contributed by atoms with Crippen LogP contribution in [0.3, 0.4) is 0 Å². The second-order valence-electron chi connectivity index (χ2n) is 4.95. The summed E-state index contributed by atoms with van der Waals surface area (Å²) in [6.45, 7) is 2.39. The van der Waals surface area contributed by atoms with Gasteiger partial charge >= 0.3 is 0 Å². The fourth-order valence-corrected chi connectivity index (χ4v) is 2.41. The Kier molecular flexibility index (Phi) is 3.74. The SMILES string of the molecule is O=C(NCCc1ccncc1)c1ccc2c(c1)CNC2. The fraction of sp³-hybridized carbons (Fsp3) is 0.250. The number of hydrogen-bond acceptors (Lipinski definition) is 3. The molecule has 0 atom stereocenters. The molecule has 1 aromatic heterocycles. The van der Waals surface area contributed by atoms with Gasteiger partial charge in [-0.05, 0) is 47.4 Å². The van der Waals surface area contributed by atoms with Crippen LogP contribution < -0.4 is 10.6 Å². The predicted molar refractivity (Wildman–Crippen MR) is 77.3 cm³/mol. The minimum atomic E-state index is -0.00578. The van der Waals surface area contributed by atoms with E-state index in [2.05, 4.69) is 15.6 Å². The summed E-state index contributed by atoms with van der Waals surface area (Å²) in [5.41, 5.74) is 4.44. The maximum atomic E-state index is 12.1. The molecule has 4 nitrogen and oxygen atoms in total. The number of carbonyl (C=O) groups excluding carboxylic acids is 1. The quantitative estimate of drug-likeness (QED) is 0.885. The number of benzene rings is 1. The molecule has 0 unspecified atom stereocenters. The van der Waals surface area contributed by atoms with Crippen molar-refractivity contribution in [3.05, 3.63) is 65.0 Å². The van der Waals surface area contributed by atoms with Gasteiger partial charge in [-0.3, -0.25) is 9.78 Å².